The van der Waals surface area contributed by atoms with Crippen molar-refractivity contribution in [1.29, 1.82) is 0 Å². The van der Waals surface area contributed by atoms with Gasteiger partial charge in [-0.1, -0.05) is 73.8 Å². The second kappa shape index (κ2) is 19.9. The molecule has 4 aromatic carbocycles. The Balaban J connectivity index is 0.000000232. The van der Waals surface area contributed by atoms with E-state index in [9.17, 15) is 13.6 Å². The van der Waals surface area contributed by atoms with Crippen molar-refractivity contribution in [2.24, 2.45) is 16.8 Å². The van der Waals surface area contributed by atoms with Crippen molar-refractivity contribution in [1.82, 2.24) is 10.1 Å². The molecule has 0 spiro atoms. The first-order valence-electron chi connectivity index (χ1n) is 15.8. The number of rotatable bonds is 6. The predicted octanol–water partition coefficient (Wildman–Crippen LogP) is 8.91. The second-order valence-electron chi connectivity index (χ2n) is 11.0. The molecule has 3 N–H and O–H groups in total. The molecular weight excluding hydrogens is 658 g/mol. The van der Waals surface area contributed by atoms with Crippen LogP contribution in [0.15, 0.2) is 107 Å². The largest absolute Gasteiger partial charge is 0.409 e. The maximum atomic E-state index is 13.1. The van der Waals surface area contributed by atoms with E-state index in [0.29, 0.717) is 28.4 Å². The number of amidine groups is 1. The molecule has 1 heterocycles. The highest BCUT2D eigenvalue weighted by atomic mass is 35.5. The SMILES string of the molecule is CCC(C)C(=O)Cl.CCC(C)c1nc(-c2ccc(C#Cc3cccc(F)c3)cc2)no1.N/C(=N\O)c1ccc(C#Cc2cccc(F)c2)cc1. The lowest BCUT2D eigenvalue weighted by Crippen LogP contribution is -2.12. The van der Waals surface area contributed by atoms with Gasteiger partial charge in [0.05, 0.1) is 0 Å². The van der Waals surface area contributed by atoms with E-state index in [1.165, 1.54) is 24.3 Å². The first kappa shape index (κ1) is 38.7. The van der Waals surface area contributed by atoms with Gasteiger partial charge in [-0.25, -0.2) is 8.78 Å². The third-order valence-corrected chi connectivity index (χ3v) is 7.63. The van der Waals surface area contributed by atoms with Gasteiger partial charge in [0, 0.05) is 45.2 Å². The van der Waals surface area contributed by atoms with Gasteiger partial charge in [0.2, 0.25) is 17.0 Å². The molecule has 0 bridgehead atoms. The molecule has 50 heavy (non-hydrogen) atoms. The van der Waals surface area contributed by atoms with Crippen LogP contribution in [0.2, 0.25) is 0 Å². The van der Waals surface area contributed by atoms with E-state index in [0.717, 1.165) is 29.5 Å². The fraction of sp³-hybridized carbons (Fsp3) is 0.200. The van der Waals surface area contributed by atoms with Crippen LogP contribution >= 0.6 is 11.6 Å². The van der Waals surface area contributed by atoms with Crippen LogP contribution in [0.25, 0.3) is 11.4 Å². The molecule has 5 aromatic rings. The lowest BCUT2D eigenvalue weighted by Gasteiger charge is -1.98. The van der Waals surface area contributed by atoms with Crippen molar-refractivity contribution < 1.29 is 23.3 Å². The monoisotopic (exact) mass is 694 g/mol. The summed E-state index contributed by atoms with van der Waals surface area (Å²) in [5.74, 6) is 12.7. The maximum absolute atomic E-state index is 13.1. The molecule has 0 aliphatic heterocycles. The Morgan fingerprint density at radius 2 is 1.32 bits per heavy atom. The Morgan fingerprint density at radius 3 is 1.74 bits per heavy atom. The number of hydrogen-bond acceptors (Lipinski definition) is 6. The Bertz CT molecular complexity index is 2000. The van der Waals surface area contributed by atoms with Crippen molar-refractivity contribution >= 4 is 22.7 Å². The van der Waals surface area contributed by atoms with Crippen LogP contribution in [0.5, 0.6) is 0 Å². The number of halogens is 3. The molecule has 0 radical (unpaired) electrons. The normalized spacial score (nSPS) is 11.5. The summed E-state index contributed by atoms with van der Waals surface area (Å²) >= 11 is 5.09. The van der Waals surface area contributed by atoms with Crippen molar-refractivity contribution in [3.8, 4) is 35.1 Å². The zero-order valence-electron chi connectivity index (χ0n) is 28.1. The summed E-state index contributed by atoms with van der Waals surface area (Å²) in [6, 6.07) is 26.8. The third-order valence-electron chi connectivity index (χ3n) is 7.26. The van der Waals surface area contributed by atoms with E-state index >= 15 is 0 Å². The van der Waals surface area contributed by atoms with Crippen LogP contribution in [0.3, 0.4) is 0 Å². The van der Waals surface area contributed by atoms with Gasteiger partial charge in [-0.05, 0) is 109 Å². The topological polar surface area (TPSA) is 115 Å². The van der Waals surface area contributed by atoms with Crippen molar-refractivity contribution in [2.75, 3.05) is 0 Å². The number of carbonyl (C=O) groups is 1. The third kappa shape index (κ3) is 12.7. The highest BCUT2D eigenvalue weighted by molar-refractivity contribution is 6.63. The van der Waals surface area contributed by atoms with Crippen molar-refractivity contribution in [2.45, 2.75) is 46.5 Å². The Kier molecular flexibility index (Phi) is 15.4. The van der Waals surface area contributed by atoms with E-state index in [4.69, 9.17) is 27.1 Å². The molecule has 0 saturated heterocycles. The highest BCUT2D eigenvalue weighted by Gasteiger charge is 2.13. The van der Waals surface area contributed by atoms with Gasteiger partial charge in [0.25, 0.3) is 0 Å². The van der Waals surface area contributed by atoms with Crippen LogP contribution < -0.4 is 5.73 Å². The number of carbonyl (C=O) groups excluding carboxylic acids is 1. The number of hydrogen-bond donors (Lipinski definition) is 2. The van der Waals surface area contributed by atoms with E-state index < -0.39 is 0 Å². The first-order chi connectivity index (χ1) is 24.0. The molecule has 5 rings (SSSR count). The van der Waals surface area contributed by atoms with E-state index in [-0.39, 0.29) is 34.5 Å². The van der Waals surface area contributed by atoms with Gasteiger partial charge in [-0.2, -0.15) is 4.98 Å². The summed E-state index contributed by atoms with van der Waals surface area (Å²) in [7, 11) is 0. The summed E-state index contributed by atoms with van der Waals surface area (Å²) in [4.78, 5) is 14.6. The zero-order valence-corrected chi connectivity index (χ0v) is 28.9. The molecule has 7 nitrogen and oxygen atoms in total. The number of aromatic nitrogens is 2. The van der Waals surface area contributed by atoms with Gasteiger partial charge in [0.15, 0.2) is 5.84 Å². The minimum Gasteiger partial charge on any atom is -0.409 e. The number of nitrogens with zero attached hydrogens (tertiary/aromatic N) is 3. The molecule has 0 aliphatic rings. The molecule has 0 amide bonds. The molecule has 256 valence electrons. The number of nitrogens with two attached hydrogens (primary N) is 1. The van der Waals surface area contributed by atoms with E-state index in [1.807, 2.05) is 38.1 Å². The number of oxime groups is 1. The lowest BCUT2D eigenvalue weighted by molar-refractivity contribution is -0.114. The van der Waals surface area contributed by atoms with Crippen LogP contribution in [0.4, 0.5) is 8.78 Å². The lowest BCUT2D eigenvalue weighted by atomic mass is 10.1. The minimum atomic E-state index is -0.311. The molecule has 0 saturated carbocycles. The average Bonchev–Trinajstić information content (AvgIpc) is 3.64. The van der Waals surface area contributed by atoms with Gasteiger partial charge in [-0.15, -0.1) is 0 Å². The molecule has 0 aliphatic carbocycles. The molecule has 2 unspecified atom stereocenters. The van der Waals surface area contributed by atoms with E-state index in [1.54, 1.807) is 48.5 Å². The molecule has 2 atom stereocenters. The first-order valence-corrected chi connectivity index (χ1v) is 16.2. The zero-order chi connectivity index (χ0) is 36.5. The van der Waals surface area contributed by atoms with Gasteiger partial charge in [0.1, 0.15) is 11.6 Å². The standard InChI is InChI=1S/C20H17FN2O.C15H11FN2O.C5H9ClO/c1-3-14(2)20-22-19(23-24-20)17-11-9-15(10-12-17)7-8-16-5-4-6-18(21)13-16;16-14-3-1-2-12(10-14)5-4-11-6-8-13(9-7-11)15(17)18-19;1-3-4(2)5(6)7/h4-6,9-14H,3H2,1-2H3;1-3,6-10,19H,(H2,17,18);4H,3H2,1-2H3. The Morgan fingerprint density at radius 1 is 0.820 bits per heavy atom. The Hall–Kier alpha value is -5.77. The van der Waals surface area contributed by atoms with Crippen LogP contribution in [-0.4, -0.2) is 26.4 Å². The second-order valence-corrected chi connectivity index (χ2v) is 11.4. The highest BCUT2D eigenvalue weighted by Crippen LogP contribution is 2.21. The quantitative estimate of drug-likeness (QED) is 0.0458. The maximum Gasteiger partial charge on any atom is 0.229 e. The smallest absolute Gasteiger partial charge is 0.229 e. The van der Waals surface area contributed by atoms with Crippen molar-refractivity contribution in [3.63, 3.8) is 0 Å². The fourth-order valence-electron chi connectivity index (χ4n) is 3.79. The summed E-state index contributed by atoms with van der Waals surface area (Å²) in [5.41, 5.74) is 9.80. The Labute approximate surface area is 296 Å². The number of benzene rings is 4. The van der Waals surface area contributed by atoms with Gasteiger partial charge < -0.3 is 15.5 Å². The molecule has 0 fully saturated rings. The van der Waals surface area contributed by atoms with Crippen LogP contribution in [0.1, 0.15) is 80.2 Å². The summed E-state index contributed by atoms with van der Waals surface area (Å²) in [5, 5.41) is 15.2. The summed E-state index contributed by atoms with van der Waals surface area (Å²) in [6.45, 7) is 7.89. The van der Waals surface area contributed by atoms with Crippen LogP contribution in [0, 0.1) is 41.2 Å². The average molecular weight is 695 g/mol. The summed E-state index contributed by atoms with van der Waals surface area (Å²) < 4.78 is 31.4. The fourth-order valence-corrected chi connectivity index (χ4v) is 3.95. The van der Waals surface area contributed by atoms with Crippen LogP contribution in [-0.2, 0) is 4.79 Å². The molecular formula is C40H37ClF2N4O3. The van der Waals surface area contributed by atoms with E-state index in [2.05, 4.69) is 52.8 Å². The van der Waals surface area contributed by atoms with Gasteiger partial charge in [-0.3, -0.25) is 4.79 Å². The van der Waals surface area contributed by atoms with Crippen molar-refractivity contribution in [3.05, 3.63) is 142 Å². The minimum absolute atomic E-state index is 0.0293. The predicted molar refractivity (Wildman–Crippen MR) is 192 cm³/mol. The summed E-state index contributed by atoms with van der Waals surface area (Å²) in [6.07, 6.45) is 1.79. The van der Waals surface area contributed by atoms with Gasteiger partial charge >= 0.3 is 0 Å². The molecule has 10 heteroatoms. The molecule has 1 aromatic heterocycles.